The molecular weight excluding hydrogens is 258 g/mol. The molecule has 0 aliphatic heterocycles. The summed E-state index contributed by atoms with van der Waals surface area (Å²) in [5.74, 6) is -0.0492. The van der Waals surface area contributed by atoms with Crippen molar-refractivity contribution in [3.8, 4) is 0 Å². The Morgan fingerprint density at radius 3 is 2.90 bits per heavy atom. The highest BCUT2D eigenvalue weighted by Crippen LogP contribution is 2.00. The number of carbonyl (C=O) groups is 1. The van der Waals surface area contributed by atoms with Gasteiger partial charge < -0.3 is 10.6 Å². The number of rotatable bonds is 5. The van der Waals surface area contributed by atoms with Crippen molar-refractivity contribution in [1.29, 1.82) is 0 Å². The van der Waals surface area contributed by atoms with Gasteiger partial charge in [0.2, 0.25) is 5.91 Å². The van der Waals surface area contributed by atoms with Gasteiger partial charge in [0, 0.05) is 32.3 Å². The molecule has 7 nitrogen and oxygen atoms in total. The zero-order chi connectivity index (χ0) is 14.7. The Bertz CT molecular complexity index is 660. The molecule has 0 aliphatic rings. The zero-order valence-corrected chi connectivity index (χ0v) is 11.7. The number of likely N-dealkylation sites (N-methyl/N-ethyl adjacent to an activating group) is 1. The molecule has 1 amide bonds. The molecule has 108 valence electrons. The molecule has 2 rings (SSSR count). The summed E-state index contributed by atoms with van der Waals surface area (Å²) < 4.78 is 2.77. The van der Waals surface area contributed by atoms with Gasteiger partial charge in [0.1, 0.15) is 0 Å². The smallest absolute Gasteiger partial charge is 0.342 e. The molecule has 0 aromatic carbocycles. The second-order valence-electron chi connectivity index (χ2n) is 4.77. The van der Waals surface area contributed by atoms with E-state index in [-0.39, 0.29) is 30.6 Å². The topological polar surface area (TPSA) is 85.6 Å². The summed E-state index contributed by atoms with van der Waals surface area (Å²) in [6.45, 7) is 2.56. The molecule has 0 bridgehead atoms. The van der Waals surface area contributed by atoms with Crippen LogP contribution in [-0.2, 0) is 11.3 Å². The third-order valence-electron chi connectivity index (χ3n) is 3.42. The molecule has 20 heavy (non-hydrogen) atoms. The van der Waals surface area contributed by atoms with Crippen LogP contribution in [0.2, 0.25) is 0 Å². The monoisotopic (exact) mass is 277 g/mol. The van der Waals surface area contributed by atoms with Crippen LogP contribution in [0, 0.1) is 0 Å². The second kappa shape index (κ2) is 5.87. The lowest BCUT2D eigenvalue weighted by atomic mass is 10.2. The van der Waals surface area contributed by atoms with E-state index in [9.17, 15) is 9.59 Å². The summed E-state index contributed by atoms with van der Waals surface area (Å²) in [6, 6.07) is 5.32. The first-order valence-corrected chi connectivity index (χ1v) is 6.54. The molecule has 2 N–H and O–H groups in total. The lowest BCUT2D eigenvalue weighted by Crippen LogP contribution is -2.40. The van der Waals surface area contributed by atoms with Crippen molar-refractivity contribution in [3.63, 3.8) is 0 Å². The third-order valence-corrected chi connectivity index (χ3v) is 3.42. The highest BCUT2D eigenvalue weighted by atomic mass is 16.2. The second-order valence-corrected chi connectivity index (χ2v) is 4.77. The predicted octanol–water partition coefficient (Wildman–Crippen LogP) is -0.308. The molecule has 7 heteroatoms. The number of nitrogens with two attached hydrogens (primary N) is 1. The van der Waals surface area contributed by atoms with Crippen LogP contribution >= 0.6 is 0 Å². The summed E-state index contributed by atoms with van der Waals surface area (Å²) in [5.41, 5.74) is 5.87. The van der Waals surface area contributed by atoms with Crippen LogP contribution in [0.1, 0.15) is 13.3 Å². The first-order valence-electron chi connectivity index (χ1n) is 6.54. The molecule has 2 aromatic heterocycles. The van der Waals surface area contributed by atoms with E-state index in [0.717, 1.165) is 0 Å². The SMILES string of the molecule is CC(CN)N(C)C(=O)CCn1nc2ccccn2c1=O. The molecule has 2 heterocycles. The van der Waals surface area contributed by atoms with E-state index in [1.165, 1.54) is 9.08 Å². The van der Waals surface area contributed by atoms with Gasteiger partial charge in [-0.05, 0) is 19.1 Å². The quantitative estimate of drug-likeness (QED) is 0.812. The minimum absolute atomic E-state index is 0.0136. The number of nitrogens with zero attached hydrogens (tertiary/aromatic N) is 4. The number of fused-ring (bicyclic) bond motifs is 1. The average molecular weight is 277 g/mol. The lowest BCUT2D eigenvalue weighted by Gasteiger charge is -2.23. The van der Waals surface area contributed by atoms with E-state index in [4.69, 9.17) is 5.73 Å². The van der Waals surface area contributed by atoms with Crippen molar-refractivity contribution in [3.05, 3.63) is 34.9 Å². The number of aryl methyl sites for hydroxylation is 1. The Morgan fingerprint density at radius 2 is 2.25 bits per heavy atom. The van der Waals surface area contributed by atoms with Crippen LogP contribution in [0.3, 0.4) is 0 Å². The van der Waals surface area contributed by atoms with Crippen molar-refractivity contribution < 1.29 is 4.79 Å². The Morgan fingerprint density at radius 1 is 1.50 bits per heavy atom. The number of hydrogen-bond donors (Lipinski definition) is 1. The number of pyridine rings is 1. The lowest BCUT2D eigenvalue weighted by molar-refractivity contribution is -0.131. The highest BCUT2D eigenvalue weighted by molar-refractivity contribution is 5.76. The summed E-state index contributed by atoms with van der Waals surface area (Å²) in [5, 5.41) is 4.18. The van der Waals surface area contributed by atoms with Gasteiger partial charge in [-0.1, -0.05) is 6.07 Å². The van der Waals surface area contributed by atoms with Gasteiger partial charge in [-0.2, -0.15) is 0 Å². The van der Waals surface area contributed by atoms with Crippen LogP contribution < -0.4 is 11.4 Å². The van der Waals surface area contributed by atoms with Gasteiger partial charge in [-0.25, -0.2) is 9.48 Å². The van der Waals surface area contributed by atoms with Crippen molar-refractivity contribution in [2.75, 3.05) is 13.6 Å². The zero-order valence-electron chi connectivity index (χ0n) is 11.7. The maximum Gasteiger partial charge on any atom is 0.350 e. The molecule has 1 atom stereocenters. The van der Waals surface area contributed by atoms with Gasteiger partial charge in [-0.3, -0.25) is 9.20 Å². The first kappa shape index (κ1) is 14.3. The minimum Gasteiger partial charge on any atom is -0.342 e. The molecule has 0 spiro atoms. The summed E-state index contributed by atoms with van der Waals surface area (Å²) >= 11 is 0. The van der Waals surface area contributed by atoms with Crippen LogP contribution in [-0.4, -0.2) is 44.6 Å². The van der Waals surface area contributed by atoms with Crippen molar-refractivity contribution in [2.24, 2.45) is 5.73 Å². The maximum atomic E-state index is 12.0. The van der Waals surface area contributed by atoms with E-state index in [2.05, 4.69) is 5.10 Å². The maximum absolute atomic E-state index is 12.0. The Labute approximate surface area is 116 Å². The molecule has 1 unspecified atom stereocenters. The minimum atomic E-state index is -0.233. The van der Waals surface area contributed by atoms with Gasteiger partial charge in [0.15, 0.2) is 5.65 Å². The fourth-order valence-electron chi connectivity index (χ4n) is 1.90. The van der Waals surface area contributed by atoms with E-state index < -0.39 is 0 Å². The fourth-order valence-corrected chi connectivity index (χ4v) is 1.90. The third kappa shape index (κ3) is 2.72. The summed E-state index contributed by atoms with van der Waals surface area (Å²) in [6.07, 6.45) is 1.89. The van der Waals surface area contributed by atoms with Crippen LogP contribution in [0.15, 0.2) is 29.2 Å². The van der Waals surface area contributed by atoms with E-state index >= 15 is 0 Å². The van der Waals surface area contributed by atoms with E-state index in [1.807, 2.05) is 13.0 Å². The first-order chi connectivity index (χ1) is 9.54. The molecule has 0 radical (unpaired) electrons. The van der Waals surface area contributed by atoms with Crippen molar-refractivity contribution >= 4 is 11.6 Å². The Kier molecular flexibility index (Phi) is 4.19. The van der Waals surface area contributed by atoms with E-state index in [1.54, 1.807) is 30.3 Å². The predicted molar refractivity (Wildman–Crippen MR) is 75.4 cm³/mol. The molecular formula is C13H19N5O2. The van der Waals surface area contributed by atoms with Gasteiger partial charge in [-0.15, -0.1) is 5.10 Å². The molecule has 0 fully saturated rings. The summed E-state index contributed by atoms with van der Waals surface area (Å²) in [4.78, 5) is 25.6. The molecule has 0 aliphatic carbocycles. The van der Waals surface area contributed by atoms with Crippen LogP contribution in [0.5, 0.6) is 0 Å². The molecule has 2 aromatic rings. The van der Waals surface area contributed by atoms with Crippen LogP contribution in [0.4, 0.5) is 0 Å². The van der Waals surface area contributed by atoms with E-state index in [0.29, 0.717) is 12.2 Å². The number of hydrogen-bond acceptors (Lipinski definition) is 4. The van der Waals surface area contributed by atoms with Gasteiger partial charge in [0.05, 0.1) is 6.54 Å². The Hall–Kier alpha value is -2.15. The highest BCUT2D eigenvalue weighted by Gasteiger charge is 2.15. The van der Waals surface area contributed by atoms with Gasteiger partial charge >= 0.3 is 5.69 Å². The molecule has 0 saturated heterocycles. The number of aromatic nitrogens is 3. The normalized spacial score (nSPS) is 12.6. The summed E-state index contributed by atoms with van der Waals surface area (Å²) in [7, 11) is 1.71. The number of carbonyl (C=O) groups excluding carboxylic acids is 1. The fraction of sp³-hybridized carbons (Fsp3) is 0.462. The van der Waals surface area contributed by atoms with Crippen molar-refractivity contribution in [1.82, 2.24) is 19.1 Å². The van der Waals surface area contributed by atoms with Crippen LogP contribution in [0.25, 0.3) is 5.65 Å². The Balaban J connectivity index is 2.08. The standard InChI is InChI=1S/C13H19N5O2/c1-10(9-14)16(2)12(19)6-8-18-13(20)17-7-4-3-5-11(17)15-18/h3-5,7,10H,6,8-9,14H2,1-2H3. The number of amides is 1. The average Bonchev–Trinajstić information content (AvgIpc) is 2.80. The largest absolute Gasteiger partial charge is 0.350 e. The molecule has 0 saturated carbocycles. The van der Waals surface area contributed by atoms with Crippen molar-refractivity contribution in [2.45, 2.75) is 25.9 Å². The van der Waals surface area contributed by atoms with Gasteiger partial charge in [0.25, 0.3) is 0 Å².